The van der Waals surface area contributed by atoms with Crippen molar-refractivity contribution in [3.8, 4) is 5.75 Å². The molecule has 1 N–H and O–H groups in total. The molecule has 0 aromatic heterocycles. The van der Waals surface area contributed by atoms with E-state index in [2.05, 4.69) is 0 Å². The molecule has 3 heteroatoms. The van der Waals surface area contributed by atoms with Crippen molar-refractivity contribution in [2.45, 2.75) is 31.7 Å². The van der Waals surface area contributed by atoms with Gasteiger partial charge in [0.1, 0.15) is 5.75 Å². The van der Waals surface area contributed by atoms with Gasteiger partial charge in [-0.25, -0.2) is 0 Å². The van der Waals surface area contributed by atoms with Gasteiger partial charge in [0.15, 0.2) is 0 Å². The van der Waals surface area contributed by atoms with Gasteiger partial charge < -0.3 is 10.0 Å². The van der Waals surface area contributed by atoms with Crippen LogP contribution < -0.4 is 0 Å². The van der Waals surface area contributed by atoms with E-state index in [0.29, 0.717) is 11.6 Å². The van der Waals surface area contributed by atoms with Crippen molar-refractivity contribution in [1.82, 2.24) is 4.90 Å². The summed E-state index contributed by atoms with van der Waals surface area (Å²) in [5.41, 5.74) is 0.564. The number of hydrogen-bond donors (Lipinski definition) is 1. The van der Waals surface area contributed by atoms with Crippen LogP contribution in [0.15, 0.2) is 24.3 Å². The first kappa shape index (κ1) is 11.0. The first-order valence-corrected chi connectivity index (χ1v) is 5.74. The number of phenols is 1. The molecule has 0 unspecified atom stereocenters. The van der Waals surface area contributed by atoms with E-state index in [1.54, 1.807) is 18.2 Å². The largest absolute Gasteiger partial charge is 0.508 e. The van der Waals surface area contributed by atoms with E-state index in [0.717, 1.165) is 12.8 Å². The highest BCUT2D eigenvalue weighted by Crippen LogP contribution is 2.24. The average Bonchev–Trinajstić information content (AvgIpc) is 2.80. The molecule has 16 heavy (non-hydrogen) atoms. The zero-order valence-electron chi connectivity index (χ0n) is 9.52. The van der Waals surface area contributed by atoms with Crippen LogP contribution in [-0.4, -0.2) is 29.0 Å². The highest BCUT2D eigenvalue weighted by molar-refractivity contribution is 5.94. The Balaban J connectivity index is 2.12. The summed E-state index contributed by atoms with van der Waals surface area (Å²) in [4.78, 5) is 13.9. The zero-order chi connectivity index (χ0) is 11.5. The number of nitrogens with zero attached hydrogens (tertiary/aromatic N) is 1. The first-order valence-electron chi connectivity index (χ1n) is 5.74. The number of aromatic hydroxyl groups is 1. The monoisotopic (exact) mass is 219 g/mol. The third-order valence-corrected chi connectivity index (χ3v) is 3.29. The third-order valence-electron chi connectivity index (χ3n) is 3.29. The third kappa shape index (κ3) is 2.18. The molecule has 2 rings (SSSR count). The molecule has 1 aromatic carbocycles. The molecule has 0 atom stereocenters. The van der Waals surface area contributed by atoms with Gasteiger partial charge in [-0.05, 0) is 31.0 Å². The van der Waals surface area contributed by atoms with Gasteiger partial charge >= 0.3 is 0 Å². The molecule has 86 valence electrons. The summed E-state index contributed by atoms with van der Waals surface area (Å²) in [7, 11) is 1.85. The van der Waals surface area contributed by atoms with Crippen LogP contribution in [-0.2, 0) is 0 Å². The number of carbonyl (C=O) groups is 1. The van der Waals surface area contributed by atoms with Crippen LogP contribution in [0.25, 0.3) is 0 Å². The molecule has 0 bridgehead atoms. The van der Waals surface area contributed by atoms with Crippen LogP contribution in [0, 0.1) is 0 Å². The molecule has 0 heterocycles. The zero-order valence-corrected chi connectivity index (χ0v) is 9.52. The lowest BCUT2D eigenvalue weighted by molar-refractivity contribution is 0.0735. The number of benzene rings is 1. The van der Waals surface area contributed by atoms with Crippen LogP contribution >= 0.6 is 0 Å². The van der Waals surface area contributed by atoms with Gasteiger partial charge in [0.25, 0.3) is 5.91 Å². The minimum Gasteiger partial charge on any atom is -0.508 e. The molecule has 1 aliphatic carbocycles. The molecule has 1 saturated carbocycles. The molecule has 3 nitrogen and oxygen atoms in total. The molecule has 0 aliphatic heterocycles. The first-order chi connectivity index (χ1) is 7.68. The summed E-state index contributed by atoms with van der Waals surface area (Å²) in [6.07, 6.45) is 4.62. The SMILES string of the molecule is CN(C(=O)c1cccc(O)c1)C1CCCC1. The normalized spacial score (nSPS) is 16.3. The van der Waals surface area contributed by atoms with Crippen molar-refractivity contribution in [3.63, 3.8) is 0 Å². The van der Waals surface area contributed by atoms with E-state index in [-0.39, 0.29) is 11.7 Å². The van der Waals surface area contributed by atoms with Crippen molar-refractivity contribution in [2.24, 2.45) is 0 Å². The van der Waals surface area contributed by atoms with Crippen LogP contribution in [0.3, 0.4) is 0 Å². The van der Waals surface area contributed by atoms with Gasteiger partial charge in [0.05, 0.1) is 0 Å². The molecular formula is C13H17NO2. The second-order valence-electron chi connectivity index (χ2n) is 4.40. The predicted molar refractivity (Wildman–Crippen MR) is 62.5 cm³/mol. The molecule has 0 saturated heterocycles. The Hall–Kier alpha value is -1.51. The minimum atomic E-state index is 0.00259. The van der Waals surface area contributed by atoms with Crippen molar-refractivity contribution < 1.29 is 9.90 Å². The molecule has 1 fully saturated rings. The lowest BCUT2D eigenvalue weighted by atomic mass is 10.1. The second-order valence-corrected chi connectivity index (χ2v) is 4.40. The van der Waals surface area contributed by atoms with Crippen LogP contribution in [0.4, 0.5) is 0 Å². The standard InChI is InChI=1S/C13H17NO2/c1-14(11-6-2-3-7-11)13(16)10-5-4-8-12(15)9-10/h4-5,8-9,11,15H,2-3,6-7H2,1H3. The highest BCUT2D eigenvalue weighted by Gasteiger charge is 2.24. The molecule has 1 aromatic rings. The maximum atomic E-state index is 12.1. The van der Waals surface area contributed by atoms with Gasteiger partial charge in [0, 0.05) is 18.7 Å². The summed E-state index contributed by atoms with van der Waals surface area (Å²) >= 11 is 0. The molecule has 1 aliphatic rings. The predicted octanol–water partition coefficient (Wildman–Crippen LogP) is 2.41. The number of amides is 1. The average molecular weight is 219 g/mol. The van der Waals surface area contributed by atoms with E-state index >= 15 is 0 Å². The Kier molecular flexibility index (Phi) is 3.13. The van der Waals surface area contributed by atoms with Gasteiger partial charge in [-0.3, -0.25) is 4.79 Å². The Morgan fingerprint density at radius 1 is 1.38 bits per heavy atom. The van der Waals surface area contributed by atoms with Crippen molar-refractivity contribution in [1.29, 1.82) is 0 Å². The summed E-state index contributed by atoms with van der Waals surface area (Å²) in [6, 6.07) is 6.91. The number of phenolic OH excluding ortho intramolecular Hbond substituents is 1. The molecule has 0 spiro atoms. The summed E-state index contributed by atoms with van der Waals surface area (Å²) in [5, 5.41) is 9.34. The van der Waals surface area contributed by atoms with Crippen LogP contribution in [0.1, 0.15) is 36.0 Å². The van der Waals surface area contributed by atoms with E-state index in [9.17, 15) is 9.90 Å². The minimum absolute atomic E-state index is 0.00259. The Morgan fingerprint density at radius 3 is 2.69 bits per heavy atom. The Morgan fingerprint density at radius 2 is 2.06 bits per heavy atom. The van der Waals surface area contributed by atoms with Crippen molar-refractivity contribution in [3.05, 3.63) is 29.8 Å². The molecule has 1 amide bonds. The van der Waals surface area contributed by atoms with Gasteiger partial charge in [-0.2, -0.15) is 0 Å². The summed E-state index contributed by atoms with van der Waals surface area (Å²) < 4.78 is 0. The van der Waals surface area contributed by atoms with Gasteiger partial charge in [-0.1, -0.05) is 18.9 Å². The summed E-state index contributed by atoms with van der Waals surface area (Å²) in [6.45, 7) is 0. The maximum Gasteiger partial charge on any atom is 0.253 e. The van der Waals surface area contributed by atoms with Gasteiger partial charge in [0.2, 0.25) is 0 Å². The topological polar surface area (TPSA) is 40.5 Å². The molecule has 0 radical (unpaired) electrons. The Bertz CT molecular complexity index is 383. The van der Waals surface area contributed by atoms with Crippen molar-refractivity contribution >= 4 is 5.91 Å². The lowest BCUT2D eigenvalue weighted by Crippen LogP contribution is -2.35. The van der Waals surface area contributed by atoms with Crippen LogP contribution in [0.5, 0.6) is 5.75 Å². The second kappa shape index (κ2) is 4.56. The highest BCUT2D eigenvalue weighted by atomic mass is 16.3. The van der Waals surface area contributed by atoms with Crippen LogP contribution in [0.2, 0.25) is 0 Å². The van der Waals surface area contributed by atoms with Crippen molar-refractivity contribution in [2.75, 3.05) is 7.05 Å². The van der Waals surface area contributed by atoms with E-state index in [1.165, 1.54) is 18.9 Å². The summed E-state index contributed by atoms with van der Waals surface area (Å²) in [5.74, 6) is 0.147. The number of carbonyl (C=O) groups excluding carboxylic acids is 1. The number of rotatable bonds is 2. The van der Waals surface area contributed by atoms with Gasteiger partial charge in [-0.15, -0.1) is 0 Å². The lowest BCUT2D eigenvalue weighted by Gasteiger charge is -2.24. The van der Waals surface area contributed by atoms with E-state index in [1.807, 2.05) is 11.9 Å². The fraction of sp³-hybridized carbons (Fsp3) is 0.462. The van der Waals surface area contributed by atoms with E-state index in [4.69, 9.17) is 0 Å². The Labute approximate surface area is 95.7 Å². The molecular weight excluding hydrogens is 202 g/mol. The number of hydrogen-bond acceptors (Lipinski definition) is 2. The fourth-order valence-electron chi connectivity index (χ4n) is 2.30. The maximum absolute atomic E-state index is 12.1. The fourth-order valence-corrected chi connectivity index (χ4v) is 2.30. The quantitative estimate of drug-likeness (QED) is 0.829. The smallest absolute Gasteiger partial charge is 0.253 e. The van der Waals surface area contributed by atoms with E-state index < -0.39 is 0 Å².